The van der Waals surface area contributed by atoms with E-state index in [4.69, 9.17) is 4.74 Å². The molecule has 0 aliphatic carbocycles. The van der Waals surface area contributed by atoms with E-state index >= 15 is 0 Å². The monoisotopic (exact) mass is 311 g/mol. The molecule has 0 heterocycles. The van der Waals surface area contributed by atoms with E-state index in [0.717, 1.165) is 16.9 Å². The molecule has 2 rings (SSSR count). The van der Waals surface area contributed by atoms with Crippen molar-refractivity contribution in [2.24, 2.45) is 5.10 Å². The second kappa shape index (κ2) is 8.33. The summed E-state index contributed by atoms with van der Waals surface area (Å²) in [5.74, 6) is -0.821. The van der Waals surface area contributed by atoms with Gasteiger partial charge in [0, 0.05) is 7.05 Å². The Bertz CT molecular complexity index is 682. The third kappa shape index (κ3) is 5.28. The molecule has 6 heteroatoms. The number of carbonyl (C=O) groups is 2. The fourth-order valence-electron chi connectivity index (χ4n) is 1.72. The third-order valence-electron chi connectivity index (χ3n) is 2.94. The van der Waals surface area contributed by atoms with Crippen LogP contribution in [0.5, 0.6) is 5.75 Å². The van der Waals surface area contributed by atoms with Gasteiger partial charge in [-0.1, -0.05) is 30.3 Å². The normalized spacial score (nSPS) is 10.3. The summed E-state index contributed by atoms with van der Waals surface area (Å²) in [7, 11) is 1.37. The molecule has 2 N–H and O–H groups in total. The maximum absolute atomic E-state index is 11.2. The van der Waals surface area contributed by atoms with Gasteiger partial charge in [0.2, 0.25) is 0 Å². The number of benzene rings is 2. The van der Waals surface area contributed by atoms with E-state index in [1.807, 2.05) is 42.5 Å². The number of likely N-dealkylation sites (N-methyl/N-ethyl adjacent to an activating group) is 1. The highest BCUT2D eigenvalue weighted by atomic mass is 16.5. The predicted molar refractivity (Wildman–Crippen MR) is 87.0 cm³/mol. The van der Waals surface area contributed by atoms with Crippen LogP contribution in [-0.2, 0) is 16.2 Å². The van der Waals surface area contributed by atoms with Crippen LogP contribution >= 0.6 is 0 Å². The van der Waals surface area contributed by atoms with Gasteiger partial charge in [-0.15, -0.1) is 0 Å². The van der Waals surface area contributed by atoms with Gasteiger partial charge >= 0.3 is 11.8 Å². The van der Waals surface area contributed by atoms with Crippen LogP contribution in [-0.4, -0.2) is 25.1 Å². The molecular weight excluding hydrogens is 294 g/mol. The SMILES string of the molecule is CNC(=O)C(=O)N/N=C/c1ccc(OCc2ccccc2)cc1. The van der Waals surface area contributed by atoms with E-state index in [2.05, 4.69) is 15.8 Å². The van der Waals surface area contributed by atoms with Crippen molar-refractivity contribution in [2.75, 3.05) is 7.05 Å². The zero-order valence-corrected chi connectivity index (χ0v) is 12.7. The van der Waals surface area contributed by atoms with Gasteiger partial charge in [0.25, 0.3) is 0 Å². The molecule has 0 bridgehead atoms. The van der Waals surface area contributed by atoms with Crippen molar-refractivity contribution >= 4 is 18.0 Å². The number of amides is 2. The van der Waals surface area contributed by atoms with E-state index < -0.39 is 11.8 Å². The summed E-state index contributed by atoms with van der Waals surface area (Å²) >= 11 is 0. The summed E-state index contributed by atoms with van der Waals surface area (Å²) in [6.45, 7) is 0.496. The van der Waals surface area contributed by atoms with E-state index in [0.29, 0.717) is 6.61 Å². The van der Waals surface area contributed by atoms with Crippen molar-refractivity contribution in [3.8, 4) is 5.75 Å². The Hall–Kier alpha value is -3.15. The summed E-state index contributed by atoms with van der Waals surface area (Å²) < 4.78 is 5.67. The van der Waals surface area contributed by atoms with Gasteiger partial charge in [0.15, 0.2) is 0 Å². The maximum Gasteiger partial charge on any atom is 0.329 e. The lowest BCUT2D eigenvalue weighted by atomic mass is 10.2. The van der Waals surface area contributed by atoms with Crippen LogP contribution in [0.4, 0.5) is 0 Å². The molecule has 6 nitrogen and oxygen atoms in total. The summed E-state index contributed by atoms with van der Waals surface area (Å²) in [4.78, 5) is 22.2. The Balaban J connectivity index is 1.84. The number of hydrogen-bond donors (Lipinski definition) is 2. The minimum atomic E-state index is -0.813. The Morgan fingerprint density at radius 1 is 1.04 bits per heavy atom. The molecule has 0 fully saturated rings. The molecule has 0 aliphatic rings. The topological polar surface area (TPSA) is 79.8 Å². The van der Waals surface area contributed by atoms with Crippen molar-refractivity contribution in [1.82, 2.24) is 10.7 Å². The molecule has 118 valence electrons. The number of nitrogens with one attached hydrogen (secondary N) is 2. The lowest BCUT2D eigenvalue weighted by Crippen LogP contribution is -2.35. The zero-order valence-electron chi connectivity index (χ0n) is 12.7. The predicted octanol–water partition coefficient (Wildman–Crippen LogP) is 1.46. The molecule has 2 aromatic rings. The summed E-state index contributed by atoms with van der Waals surface area (Å²) in [6.07, 6.45) is 1.45. The molecule has 0 unspecified atom stereocenters. The first-order valence-corrected chi connectivity index (χ1v) is 7.01. The molecule has 23 heavy (non-hydrogen) atoms. The van der Waals surface area contributed by atoms with Crippen molar-refractivity contribution in [3.63, 3.8) is 0 Å². The molecule has 2 amide bonds. The van der Waals surface area contributed by atoms with Crippen LogP contribution in [0.2, 0.25) is 0 Å². The van der Waals surface area contributed by atoms with Gasteiger partial charge in [-0.25, -0.2) is 5.43 Å². The fourth-order valence-corrected chi connectivity index (χ4v) is 1.72. The van der Waals surface area contributed by atoms with Gasteiger partial charge in [-0.2, -0.15) is 5.10 Å². The van der Waals surface area contributed by atoms with Crippen molar-refractivity contribution < 1.29 is 14.3 Å². The van der Waals surface area contributed by atoms with Crippen molar-refractivity contribution in [3.05, 3.63) is 65.7 Å². The highest BCUT2D eigenvalue weighted by Gasteiger charge is 2.08. The first-order chi connectivity index (χ1) is 11.2. The smallest absolute Gasteiger partial charge is 0.329 e. The molecule has 0 atom stereocenters. The average Bonchev–Trinajstić information content (AvgIpc) is 2.61. The van der Waals surface area contributed by atoms with Gasteiger partial charge in [0.05, 0.1) is 6.21 Å². The Kier molecular flexibility index (Phi) is 5.88. The van der Waals surface area contributed by atoms with Crippen molar-refractivity contribution in [2.45, 2.75) is 6.61 Å². The second-order valence-corrected chi connectivity index (χ2v) is 4.62. The molecule has 0 saturated carbocycles. The fraction of sp³-hybridized carbons (Fsp3) is 0.118. The van der Waals surface area contributed by atoms with Gasteiger partial charge in [-0.3, -0.25) is 9.59 Å². The molecular formula is C17H17N3O3. The molecule has 0 spiro atoms. The molecule has 0 radical (unpaired) electrons. The van der Waals surface area contributed by atoms with Gasteiger partial charge in [-0.05, 0) is 35.4 Å². The number of hydrazone groups is 1. The summed E-state index contributed by atoms with van der Waals surface area (Å²) in [6, 6.07) is 17.1. The highest BCUT2D eigenvalue weighted by molar-refractivity contribution is 6.34. The number of hydrogen-bond acceptors (Lipinski definition) is 4. The lowest BCUT2D eigenvalue weighted by Gasteiger charge is -2.06. The Morgan fingerprint density at radius 2 is 1.74 bits per heavy atom. The summed E-state index contributed by atoms with van der Waals surface area (Å²) in [5, 5.41) is 5.91. The van der Waals surface area contributed by atoms with Crippen LogP contribution in [0.15, 0.2) is 59.7 Å². The second-order valence-electron chi connectivity index (χ2n) is 4.62. The number of nitrogens with zero attached hydrogens (tertiary/aromatic N) is 1. The summed E-state index contributed by atoms with van der Waals surface area (Å²) in [5.41, 5.74) is 4.00. The number of carbonyl (C=O) groups excluding carboxylic acids is 2. The van der Waals surface area contributed by atoms with E-state index in [-0.39, 0.29) is 0 Å². The quantitative estimate of drug-likeness (QED) is 0.498. The zero-order chi connectivity index (χ0) is 16.5. The third-order valence-corrected chi connectivity index (χ3v) is 2.94. The number of rotatable bonds is 5. The average molecular weight is 311 g/mol. The van der Waals surface area contributed by atoms with Crippen LogP contribution in [0, 0.1) is 0 Å². The van der Waals surface area contributed by atoms with E-state index in [1.54, 1.807) is 12.1 Å². The maximum atomic E-state index is 11.2. The van der Waals surface area contributed by atoms with Gasteiger partial charge in [0.1, 0.15) is 12.4 Å². The van der Waals surface area contributed by atoms with E-state index in [9.17, 15) is 9.59 Å². The standard InChI is InChI=1S/C17H17N3O3/c1-18-16(21)17(22)20-19-11-13-7-9-15(10-8-13)23-12-14-5-3-2-4-6-14/h2-11H,12H2,1H3,(H,18,21)(H,20,22)/b19-11+. The largest absolute Gasteiger partial charge is 0.489 e. The molecule has 2 aromatic carbocycles. The van der Waals surface area contributed by atoms with Crippen LogP contribution < -0.4 is 15.5 Å². The lowest BCUT2D eigenvalue weighted by molar-refractivity contribution is -0.138. The highest BCUT2D eigenvalue weighted by Crippen LogP contribution is 2.13. The first kappa shape index (κ1) is 16.2. The minimum Gasteiger partial charge on any atom is -0.489 e. The van der Waals surface area contributed by atoms with Gasteiger partial charge < -0.3 is 10.1 Å². The Labute approximate surface area is 134 Å². The first-order valence-electron chi connectivity index (χ1n) is 7.01. The van der Waals surface area contributed by atoms with Crippen LogP contribution in [0.1, 0.15) is 11.1 Å². The Morgan fingerprint density at radius 3 is 2.39 bits per heavy atom. The molecule has 0 saturated heterocycles. The molecule has 0 aromatic heterocycles. The van der Waals surface area contributed by atoms with Crippen molar-refractivity contribution in [1.29, 1.82) is 0 Å². The minimum absolute atomic E-state index is 0.496. The molecule has 0 aliphatic heterocycles. The van der Waals surface area contributed by atoms with E-state index in [1.165, 1.54) is 13.3 Å². The number of ether oxygens (including phenoxy) is 1. The van der Waals surface area contributed by atoms with Crippen LogP contribution in [0.3, 0.4) is 0 Å². The van der Waals surface area contributed by atoms with Crippen LogP contribution in [0.25, 0.3) is 0 Å².